The molecule has 4 heteroatoms. The molecule has 0 aliphatic rings. The van der Waals surface area contributed by atoms with Crippen molar-refractivity contribution in [1.82, 2.24) is 5.32 Å². The van der Waals surface area contributed by atoms with Crippen LogP contribution in [-0.2, 0) is 0 Å². The maximum Gasteiger partial charge on any atom is 0.251 e. The molecule has 0 saturated carbocycles. The monoisotopic (exact) mass is 286 g/mol. The van der Waals surface area contributed by atoms with E-state index in [1.54, 1.807) is 17.8 Å². The number of hydrogen-bond donors (Lipinski definition) is 2. The average Bonchev–Trinajstić information content (AvgIpc) is 2.43. The van der Waals surface area contributed by atoms with Crippen molar-refractivity contribution in [2.75, 3.05) is 18.0 Å². The maximum atomic E-state index is 12.0. The number of benzene rings is 2. The Labute approximate surface area is 123 Å². The molecule has 2 aromatic rings. The van der Waals surface area contributed by atoms with Gasteiger partial charge in [0.15, 0.2) is 0 Å². The van der Waals surface area contributed by atoms with Gasteiger partial charge < -0.3 is 11.1 Å². The number of nitrogens with one attached hydrogen (secondary N) is 1. The molecule has 104 valence electrons. The lowest BCUT2D eigenvalue weighted by atomic mass is 10.1. The van der Waals surface area contributed by atoms with Crippen LogP contribution in [0.2, 0.25) is 0 Å². The Morgan fingerprint density at radius 1 is 1.20 bits per heavy atom. The lowest BCUT2D eigenvalue weighted by Crippen LogP contribution is -2.25. The summed E-state index contributed by atoms with van der Waals surface area (Å²) in [5.41, 5.74) is 7.98. The van der Waals surface area contributed by atoms with Gasteiger partial charge in [0, 0.05) is 28.4 Å². The zero-order valence-electron chi connectivity index (χ0n) is 11.4. The molecular formula is C16H18N2OS. The molecule has 3 nitrogen and oxygen atoms in total. The topological polar surface area (TPSA) is 55.1 Å². The highest BCUT2D eigenvalue weighted by molar-refractivity contribution is 7.99. The standard InChI is InChI=1S/C16H18N2OS/c1-12-9-13(11-14(17)10-12)16(19)18-7-8-20-15-5-3-2-4-6-15/h2-6,9-11H,7-8,17H2,1H3,(H,18,19). The number of nitrogens with two attached hydrogens (primary N) is 1. The van der Waals surface area contributed by atoms with Crippen molar-refractivity contribution >= 4 is 23.4 Å². The molecule has 0 aliphatic carbocycles. The van der Waals surface area contributed by atoms with E-state index in [2.05, 4.69) is 17.4 Å². The Morgan fingerprint density at radius 2 is 1.95 bits per heavy atom. The summed E-state index contributed by atoms with van der Waals surface area (Å²) in [6, 6.07) is 15.5. The van der Waals surface area contributed by atoms with E-state index in [1.807, 2.05) is 37.3 Å². The number of nitrogen functional groups attached to an aromatic ring is 1. The number of rotatable bonds is 5. The van der Waals surface area contributed by atoms with Crippen LogP contribution in [-0.4, -0.2) is 18.2 Å². The van der Waals surface area contributed by atoms with E-state index in [4.69, 9.17) is 5.73 Å². The maximum absolute atomic E-state index is 12.0. The predicted octanol–water partition coefficient (Wildman–Crippen LogP) is 3.10. The van der Waals surface area contributed by atoms with Crippen molar-refractivity contribution < 1.29 is 4.79 Å². The Hall–Kier alpha value is -1.94. The summed E-state index contributed by atoms with van der Waals surface area (Å²) in [5.74, 6) is 0.769. The van der Waals surface area contributed by atoms with Gasteiger partial charge in [0.25, 0.3) is 5.91 Å². The number of aryl methyl sites for hydroxylation is 1. The number of amides is 1. The molecule has 0 spiro atoms. The molecule has 0 aliphatic heterocycles. The summed E-state index contributed by atoms with van der Waals surface area (Å²) in [4.78, 5) is 13.2. The van der Waals surface area contributed by atoms with E-state index < -0.39 is 0 Å². The molecular weight excluding hydrogens is 268 g/mol. The van der Waals surface area contributed by atoms with Crippen molar-refractivity contribution in [3.63, 3.8) is 0 Å². The minimum atomic E-state index is -0.0749. The summed E-state index contributed by atoms with van der Waals surface area (Å²) < 4.78 is 0. The van der Waals surface area contributed by atoms with Crippen molar-refractivity contribution in [2.45, 2.75) is 11.8 Å². The first-order valence-corrected chi connectivity index (χ1v) is 7.47. The molecule has 0 saturated heterocycles. The fraction of sp³-hybridized carbons (Fsp3) is 0.188. The lowest BCUT2D eigenvalue weighted by Gasteiger charge is -2.07. The van der Waals surface area contributed by atoms with Crippen LogP contribution in [0.15, 0.2) is 53.4 Å². The normalized spacial score (nSPS) is 10.2. The average molecular weight is 286 g/mol. The number of thioether (sulfide) groups is 1. The first-order chi connectivity index (χ1) is 9.65. The van der Waals surface area contributed by atoms with Gasteiger partial charge in [0.2, 0.25) is 0 Å². The van der Waals surface area contributed by atoms with Crippen molar-refractivity contribution in [1.29, 1.82) is 0 Å². The lowest BCUT2D eigenvalue weighted by molar-refractivity contribution is 0.0956. The van der Waals surface area contributed by atoms with E-state index >= 15 is 0 Å². The Morgan fingerprint density at radius 3 is 2.65 bits per heavy atom. The van der Waals surface area contributed by atoms with Crippen LogP contribution in [0.3, 0.4) is 0 Å². The van der Waals surface area contributed by atoms with Gasteiger partial charge in [-0.2, -0.15) is 0 Å². The highest BCUT2D eigenvalue weighted by Crippen LogP contribution is 2.16. The molecule has 2 rings (SSSR count). The zero-order valence-corrected chi connectivity index (χ0v) is 12.2. The minimum absolute atomic E-state index is 0.0749. The van der Waals surface area contributed by atoms with E-state index in [9.17, 15) is 4.79 Å². The molecule has 0 atom stereocenters. The van der Waals surface area contributed by atoms with E-state index in [1.165, 1.54) is 4.90 Å². The van der Waals surface area contributed by atoms with Crippen LogP contribution in [0, 0.1) is 6.92 Å². The quantitative estimate of drug-likeness (QED) is 0.504. The molecule has 20 heavy (non-hydrogen) atoms. The fourth-order valence-electron chi connectivity index (χ4n) is 1.90. The van der Waals surface area contributed by atoms with Gasteiger partial charge in [-0.1, -0.05) is 18.2 Å². The largest absolute Gasteiger partial charge is 0.399 e. The Bertz CT molecular complexity index is 564. The second kappa shape index (κ2) is 7.01. The van der Waals surface area contributed by atoms with Crippen LogP contribution in [0.5, 0.6) is 0 Å². The summed E-state index contributed by atoms with van der Waals surface area (Å²) in [6.45, 7) is 2.56. The molecule has 3 N–H and O–H groups in total. The van der Waals surface area contributed by atoms with Crippen molar-refractivity contribution in [3.8, 4) is 0 Å². The van der Waals surface area contributed by atoms with Crippen molar-refractivity contribution in [3.05, 3.63) is 59.7 Å². The van der Waals surface area contributed by atoms with Crippen LogP contribution in [0.1, 0.15) is 15.9 Å². The van der Waals surface area contributed by atoms with Gasteiger partial charge in [0.1, 0.15) is 0 Å². The molecule has 0 bridgehead atoms. The Kier molecular flexibility index (Phi) is 5.07. The summed E-state index contributed by atoms with van der Waals surface area (Å²) in [7, 11) is 0. The third-order valence-electron chi connectivity index (χ3n) is 2.76. The zero-order chi connectivity index (χ0) is 14.4. The molecule has 2 aromatic carbocycles. The number of anilines is 1. The van der Waals surface area contributed by atoms with E-state index in [0.29, 0.717) is 17.8 Å². The molecule has 0 aromatic heterocycles. The molecule has 1 amide bonds. The summed E-state index contributed by atoms with van der Waals surface area (Å²) >= 11 is 1.72. The molecule has 0 fully saturated rings. The smallest absolute Gasteiger partial charge is 0.251 e. The van der Waals surface area contributed by atoms with Crippen LogP contribution >= 0.6 is 11.8 Å². The SMILES string of the molecule is Cc1cc(N)cc(C(=O)NCCSc2ccccc2)c1. The van der Waals surface area contributed by atoms with E-state index in [0.717, 1.165) is 11.3 Å². The van der Waals surface area contributed by atoms with Gasteiger partial charge in [-0.3, -0.25) is 4.79 Å². The van der Waals surface area contributed by atoms with Crippen LogP contribution in [0.25, 0.3) is 0 Å². The fourth-order valence-corrected chi connectivity index (χ4v) is 2.69. The van der Waals surface area contributed by atoms with Crippen molar-refractivity contribution in [2.24, 2.45) is 0 Å². The van der Waals surface area contributed by atoms with E-state index in [-0.39, 0.29) is 5.91 Å². The Balaban J connectivity index is 1.80. The van der Waals surface area contributed by atoms with Gasteiger partial charge in [0.05, 0.1) is 0 Å². The van der Waals surface area contributed by atoms with Gasteiger partial charge in [-0.05, 0) is 42.8 Å². The number of carbonyl (C=O) groups excluding carboxylic acids is 1. The molecule has 0 radical (unpaired) electrons. The number of hydrogen-bond acceptors (Lipinski definition) is 3. The molecule has 0 unspecified atom stereocenters. The van der Waals surface area contributed by atoms with Gasteiger partial charge in [-0.15, -0.1) is 11.8 Å². The first-order valence-electron chi connectivity index (χ1n) is 6.48. The highest BCUT2D eigenvalue weighted by atomic mass is 32.2. The van der Waals surface area contributed by atoms with Crippen LogP contribution < -0.4 is 11.1 Å². The summed E-state index contributed by atoms with van der Waals surface area (Å²) in [5, 5.41) is 2.91. The van der Waals surface area contributed by atoms with Gasteiger partial charge in [-0.25, -0.2) is 0 Å². The number of carbonyl (C=O) groups is 1. The van der Waals surface area contributed by atoms with Gasteiger partial charge >= 0.3 is 0 Å². The second-order valence-corrected chi connectivity index (χ2v) is 5.72. The highest BCUT2D eigenvalue weighted by Gasteiger charge is 2.06. The predicted molar refractivity (Wildman–Crippen MR) is 85.1 cm³/mol. The minimum Gasteiger partial charge on any atom is -0.399 e. The first kappa shape index (κ1) is 14.5. The third kappa shape index (κ3) is 4.31. The summed E-state index contributed by atoms with van der Waals surface area (Å²) in [6.07, 6.45) is 0. The third-order valence-corrected chi connectivity index (χ3v) is 3.78. The molecule has 0 heterocycles. The van der Waals surface area contributed by atoms with Crippen LogP contribution in [0.4, 0.5) is 5.69 Å². The second-order valence-electron chi connectivity index (χ2n) is 4.55.